The molecular weight excluding hydrogens is 326 g/mol. The van der Waals surface area contributed by atoms with E-state index in [1.165, 1.54) is 12.8 Å². The molecule has 0 spiro atoms. The van der Waals surface area contributed by atoms with Crippen molar-refractivity contribution in [2.75, 3.05) is 6.54 Å². The Hall–Kier alpha value is -2.24. The standard InChI is InChI=1S/C20H27N5O/c1-14(2)19-22-9-11-25(19)18-13-21-12-16(23-18)17-8-5-10-24(17)20(26)15-6-3-4-7-15/h9,11-15,17H,3-8,10H2,1-2H3/t17-/m0/s1. The summed E-state index contributed by atoms with van der Waals surface area (Å²) in [5.41, 5.74) is 0.898. The fourth-order valence-corrected chi connectivity index (χ4v) is 4.33. The van der Waals surface area contributed by atoms with E-state index in [9.17, 15) is 4.79 Å². The molecular formula is C20H27N5O. The van der Waals surface area contributed by atoms with E-state index in [-0.39, 0.29) is 12.0 Å². The van der Waals surface area contributed by atoms with Gasteiger partial charge >= 0.3 is 0 Å². The lowest BCUT2D eigenvalue weighted by molar-refractivity contribution is -0.136. The Bertz CT molecular complexity index is 778. The highest BCUT2D eigenvalue weighted by molar-refractivity contribution is 5.79. The fourth-order valence-electron chi connectivity index (χ4n) is 4.33. The Balaban J connectivity index is 1.61. The van der Waals surface area contributed by atoms with Gasteiger partial charge in [0.25, 0.3) is 0 Å². The van der Waals surface area contributed by atoms with Crippen molar-refractivity contribution in [1.82, 2.24) is 24.4 Å². The second kappa shape index (κ2) is 7.17. The molecule has 1 saturated carbocycles. The Morgan fingerprint density at radius 3 is 2.73 bits per heavy atom. The Labute approximate surface area is 154 Å². The summed E-state index contributed by atoms with van der Waals surface area (Å²) in [6.45, 7) is 5.08. The predicted molar refractivity (Wildman–Crippen MR) is 98.9 cm³/mol. The molecule has 2 aliphatic rings. The number of carbonyl (C=O) groups is 1. The molecule has 26 heavy (non-hydrogen) atoms. The molecule has 2 aromatic rings. The molecule has 6 nitrogen and oxygen atoms in total. The minimum atomic E-state index is 0.0570. The molecule has 3 heterocycles. The van der Waals surface area contributed by atoms with Gasteiger partial charge in [0.2, 0.25) is 5.91 Å². The Morgan fingerprint density at radius 1 is 1.15 bits per heavy atom. The third kappa shape index (κ3) is 3.13. The van der Waals surface area contributed by atoms with Gasteiger partial charge in [-0.05, 0) is 25.7 Å². The van der Waals surface area contributed by atoms with Gasteiger partial charge in [0.1, 0.15) is 5.82 Å². The summed E-state index contributed by atoms with van der Waals surface area (Å²) in [6.07, 6.45) is 13.8. The third-order valence-corrected chi connectivity index (χ3v) is 5.65. The largest absolute Gasteiger partial charge is 0.334 e. The molecule has 138 valence electrons. The topological polar surface area (TPSA) is 63.9 Å². The van der Waals surface area contributed by atoms with Crippen molar-refractivity contribution in [3.05, 3.63) is 36.3 Å². The van der Waals surface area contributed by atoms with Crippen LogP contribution >= 0.6 is 0 Å². The number of likely N-dealkylation sites (tertiary alicyclic amines) is 1. The number of hydrogen-bond donors (Lipinski definition) is 0. The van der Waals surface area contributed by atoms with Gasteiger partial charge in [-0.1, -0.05) is 26.7 Å². The van der Waals surface area contributed by atoms with Crippen LogP contribution in [0.4, 0.5) is 0 Å². The summed E-state index contributed by atoms with van der Waals surface area (Å²) in [5.74, 6) is 2.60. The first-order valence-corrected chi connectivity index (χ1v) is 9.81. The quantitative estimate of drug-likeness (QED) is 0.842. The van der Waals surface area contributed by atoms with Crippen molar-refractivity contribution in [2.45, 2.75) is 64.3 Å². The maximum absolute atomic E-state index is 13.0. The average Bonchev–Trinajstić information content (AvgIpc) is 3.42. The van der Waals surface area contributed by atoms with Crippen LogP contribution in [0.5, 0.6) is 0 Å². The number of aromatic nitrogens is 4. The van der Waals surface area contributed by atoms with E-state index in [0.717, 1.165) is 49.6 Å². The van der Waals surface area contributed by atoms with Gasteiger partial charge in [-0.3, -0.25) is 14.3 Å². The lowest BCUT2D eigenvalue weighted by Gasteiger charge is -2.27. The first-order chi connectivity index (χ1) is 12.6. The summed E-state index contributed by atoms with van der Waals surface area (Å²) >= 11 is 0. The smallest absolute Gasteiger partial charge is 0.226 e. The number of rotatable bonds is 4. The van der Waals surface area contributed by atoms with Gasteiger partial charge in [-0.25, -0.2) is 9.97 Å². The van der Waals surface area contributed by atoms with Crippen molar-refractivity contribution in [3.8, 4) is 5.82 Å². The highest BCUT2D eigenvalue weighted by Gasteiger charge is 2.35. The molecule has 0 N–H and O–H groups in total. The lowest BCUT2D eigenvalue weighted by atomic mass is 10.1. The first kappa shape index (κ1) is 17.2. The first-order valence-electron chi connectivity index (χ1n) is 9.81. The maximum Gasteiger partial charge on any atom is 0.226 e. The summed E-state index contributed by atoms with van der Waals surface area (Å²) in [6, 6.07) is 0.0570. The highest BCUT2D eigenvalue weighted by Crippen LogP contribution is 2.35. The summed E-state index contributed by atoms with van der Waals surface area (Å²) in [7, 11) is 0. The van der Waals surface area contributed by atoms with Gasteiger partial charge in [0.05, 0.1) is 24.1 Å². The molecule has 0 aromatic carbocycles. The normalized spacial score (nSPS) is 21.0. The zero-order valence-electron chi connectivity index (χ0n) is 15.6. The number of imidazole rings is 1. The van der Waals surface area contributed by atoms with Crippen LogP contribution in [0.3, 0.4) is 0 Å². The number of hydrogen-bond acceptors (Lipinski definition) is 4. The van der Waals surface area contributed by atoms with Gasteiger partial charge in [0, 0.05) is 30.8 Å². The van der Waals surface area contributed by atoms with E-state index in [1.54, 1.807) is 12.4 Å². The van der Waals surface area contributed by atoms with Crippen molar-refractivity contribution in [1.29, 1.82) is 0 Å². The van der Waals surface area contributed by atoms with E-state index in [1.807, 2.05) is 17.0 Å². The molecule has 4 rings (SSSR count). The maximum atomic E-state index is 13.0. The van der Waals surface area contributed by atoms with E-state index in [4.69, 9.17) is 4.98 Å². The molecule has 1 saturated heterocycles. The monoisotopic (exact) mass is 353 g/mol. The second-order valence-electron chi connectivity index (χ2n) is 7.78. The molecule has 0 unspecified atom stereocenters. The molecule has 0 radical (unpaired) electrons. The molecule has 2 aromatic heterocycles. The van der Waals surface area contributed by atoms with Crippen molar-refractivity contribution in [2.24, 2.45) is 5.92 Å². The van der Waals surface area contributed by atoms with Crippen LogP contribution in [0.25, 0.3) is 5.82 Å². The van der Waals surface area contributed by atoms with Crippen LogP contribution in [-0.2, 0) is 4.79 Å². The SMILES string of the molecule is CC(C)c1nccn1-c1cncc([C@@H]2CCCN2C(=O)C2CCCC2)n1. The van der Waals surface area contributed by atoms with Crippen molar-refractivity contribution < 1.29 is 4.79 Å². The van der Waals surface area contributed by atoms with Crippen LogP contribution in [-0.4, -0.2) is 36.9 Å². The number of nitrogens with zero attached hydrogens (tertiary/aromatic N) is 5. The Kier molecular flexibility index (Phi) is 4.74. The number of amides is 1. The molecule has 2 fully saturated rings. The van der Waals surface area contributed by atoms with E-state index < -0.39 is 0 Å². The van der Waals surface area contributed by atoms with Crippen molar-refractivity contribution >= 4 is 5.91 Å². The molecule has 1 aliphatic carbocycles. The second-order valence-corrected chi connectivity index (χ2v) is 7.78. The van der Waals surface area contributed by atoms with E-state index >= 15 is 0 Å². The zero-order chi connectivity index (χ0) is 18.1. The summed E-state index contributed by atoms with van der Waals surface area (Å²) in [4.78, 5) is 28.7. The van der Waals surface area contributed by atoms with Crippen LogP contribution < -0.4 is 0 Å². The van der Waals surface area contributed by atoms with Crippen LogP contribution in [0.15, 0.2) is 24.8 Å². The molecule has 1 atom stereocenters. The molecule has 1 amide bonds. The average molecular weight is 353 g/mol. The van der Waals surface area contributed by atoms with Crippen LogP contribution in [0.2, 0.25) is 0 Å². The molecule has 0 bridgehead atoms. The number of carbonyl (C=O) groups excluding carboxylic acids is 1. The predicted octanol–water partition coefficient (Wildman–Crippen LogP) is 3.64. The lowest BCUT2D eigenvalue weighted by Crippen LogP contribution is -2.35. The van der Waals surface area contributed by atoms with Gasteiger partial charge in [-0.15, -0.1) is 0 Å². The van der Waals surface area contributed by atoms with E-state index in [0.29, 0.717) is 11.8 Å². The molecule has 6 heteroatoms. The highest BCUT2D eigenvalue weighted by atomic mass is 16.2. The Morgan fingerprint density at radius 2 is 1.96 bits per heavy atom. The van der Waals surface area contributed by atoms with Gasteiger partial charge < -0.3 is 4.90 Å². The third-order valence-electron chi connectivity index (χ3n) is 5.65. The van der Waals surface area contributed by atoms with Crippen molar-refractivity contribution in [3.63, 3.8) is 0 Å². The minimum absolute atomic E-state index is 0.0570. The molecule has 1 aliphatic heterocycles. The van der Waals surface area contributed by atoms with Gasteiger partial charge in [0.15, 0.2) is 5.82 Å². The van der Waals surface area contributed by atoms with Crippen LogP contribution in [0.1, 0.15) is 75.9 Å². The summed E-state index contributed by atoms with van der Waals surface area (Å²) in [5, 5.41) is 0. The summed E-state index contributed by atoms with van der Waals surface area (Å²) < 4.78 is 2.00. The van der Waals surface area contributed by atoms with E-state index in [2.05, 4.69) is 28.7 Å². The minimum Gasteiger partial charge on any atom is -0.334 e. The zero-order valence-corrected chi connectivity index (χ0v) is 15.6. The van der Waals surface area contributed by atoms with Gasteiger partial charge in [-0.2, -0.15) is 0 Å². The van der Waals surface area contributed by atoms with Crippen LogP contribution in [0, 0.1) is 5.92 Å². The fraction of sp³-hybridized carbons (Fsp3) is 0.600.